The lowest BCUT2D eigenvalue weighted by Crippen LogP contribution is -2.25. The fourth-order valence-electron chi connectivity index (χ4n) is 9.78. The first kappa shape index (κ1) is 65.4. The van der Waals surface area contributed by atoms with Crippen LogP contribution in [-0.2, 0) is 34.7 Å². The predicted molar refractivity (Wildman–Crippen MR) is 360 cm³/mol. The molecule has 0 saturated heterocycles. The van der Waals surface area contributed by atoms with Crippen molar-refractivity contribution < 1.29 is 41.9 Å². The van der Waals surface area contributed by atoms with Crippen LogP contribution in [-0.4, -0.2) is 93.4 Å². The second-order valence-corrected chi connectivity index (χ2v) is 23.9. The Morgan fingerprint density at radius 2 is 1.07 bits per heavy atom. The predicted octanol–water partition coefficient (Wildman–Crippen LogP) is 14.0. The highest BCUT2D eigenvalue weighted by molar-refractivity contribution is 7.99. The number of carbonyl (C=O) groups is 5. The van der Waals surface area contributed by atoms with E-state index in [1.165, 1.54) is 37.6 Å². The highest BCUT2D eigenvalue weighted by Gasteiger charge is 2.32. The number of thioether (sulfide) groups is 3. The van der Waals surface area contributed by atoms with Gasteiger partial charge in [-0.1, -0.05) is 84.9 Å². The van der Waals surface area contributed by atoms with Crippen LogP contribution < -0.4 is 25.6 Å². The minimum absolute atomic E-state index is 0.000938. The number of amides is 4. The third-order valence-electron chi connectivity index (χ3n) is 14.4. The number of halogens is 3. The van der Waals surface area contributed by atoms with Crippen molar-refractivity contribution in [3.63, 3.8) is 0 Å². The second-order valence-electron chi connectivity index (χ2n) is 21.0. The second kappa shape index (κ2) is 30.6. The van der Waals surface area contributed by atoms with Crippen LogP contribution in [0.4, 0.5) is 35.9 Å². The molecule has 0 atom stereocenters. The van der Waals surface area contributed by atoms with E-state index in [0.29, 0.717) is 74.3 Å². The van der Waals surface area contributed by atoms with Crippen molar-refractivity contribution >= 4 is 110 Å². The van der Waals surface area contributed by atoms with E-state index in [1.54, 1.807) is 133 Å². The summed E-state index contributed by atoms with van der Waals surface area (Å²) in [6.45, 7) is 2.24. The Balaban J connectivity index is 0.000000146. The van der Waals surface area contributed by atoms with Crippen LogP contribution in [0.25, 0.3) is 22.1 Å². The summed E-state index contributed by atoms with van der Waals surface area (Å²) < 4.78 is 44.0. The van der Waals surface area contributed by atoms with Crippen LogP contribution in [0.2, 0.25) is 0 Å². The minimum atomic E-state index is -4.55. The van der Waals surface area contributed by atoms with E-state index in [2.05, 4.69) is 66.2 Å². The van der Waals surface area contributed by atoms with Crippen LogP contribution >= 0.6 is 35.3 Å². The lowest BCUT2D eigenvalue weighted by molar-refractivity contribution is -0.137. The van der Waals surface area contributed by atoms with Gasteiger partial charge in [-0.25, -0.2) is 24.9 Å². The van der Waals surface area contributed by atoms with Crippen molar-refractivity contribution in [2.75, 3.05) is 34.5 Å². The first-order chi connectivity index (χ1) is 46.1. The molecule has 26 heteroatoms. The molecule has 0 spiro atoms. The van der Waals surface area contributed by atoms with E-state index >= 15 is 0 Å². The fraction of sp³-hybridized carbons (Fsp3) is 0.116. The van der Waals surface area contributed by atoms with Gasteiger partial charge in [-0.05, 0) is 101 Å². The summed E-state index contributed by atoms with van der Waals surface area (Å²) in [5.41, 5.74) is 9.15. The Hall–Kier alpha value is -11.1. The van der Waals surface area contributed by atoms with Gasteiger partial charge in [-0.15, -0.1) is 35.3 Å². The smallest absolute Gasteiger partial charge is 0.416 e. The van der Waals surface area contributed by atoms with E-state index < -0.39 is 17.6 Å². The Kier molecular flexibility index (Phi) is 21.0. The standard InChI is InChI=1S/C26H19N5O2S.C23H20N6O2S.C20H16F3N3O2S/c32-23(18-7-2-1-3-8-18)19-9-5-11-21(13-19)30-25(33)20-10-4-6-17(12-20)15-34-26-22-14-29-31-24(22)27-16-28-26;1-14(30)29-8-7-16-5-6-18(10-20(16)29)27-22(31)17-4-2-3-15(9-17)12-32-23-19-11-26-28-21(19)24-13-25-23;1-28-17-9-15(20(21,22)23)8-16(10-17)26-19(27)14-4-2-3-13(7-14)12-29-18-11-24-5-6-25-18/h1-14,16H,15H2,(H,30,33)(H,27,28,29,31);2-6,9-11,13H,7-8,12H2,1H3,(H,27,31)(H,24,25,26,28);2-11H,12H2,1H3,(H,26,27). The zero-order chi connectivity index (χ0) is 66.3. The third-order valence-corrected chi connectivity index (χ3v) is 17.6. The molecular formula is C69H55F3N14O6S3. The zero-order valence-corrected chi connectivity index (χ0v) is 52.9. The maximum absolute atomic E-state index is 13.0. The molecule has 5 N–H and O–H groups in total. The van der Waals surface area contributed by atoms with E-state index in [4.69, 9.17) is 4.74 Å². The molecule has 476 valence electrons. The monoisotopic (exact) mass is 1330 g/mol. The molecule has 7 aromatic carbocycles. The molecule has 6 heterocycles. The SMILES string of the molecule is CC(=O)N1CCc2ccc(NC(=O)c3cccc(CSc4ncnc5[nH]ncc45)c3)cc21.COc1cc(NC(=O)c2cccc(CSc3cnccn3)c2)cc(C(F)(F)F)c1.O=C(Nc1cccc(C(=O)c2ccccc2)c1)c1cccc(CSc2ncnc3[nH]ncc23)c1. The molecule has 5 aromatic heterocycles. The van der Waals surface area contributed by atoms with Crippen molar-refractivity contribution in [1.82, 2.24) is 50.3 Å². The average molecular weight is 1330 g/mol. The molecule has 4 amide bonds. The topological polar surface area (TPSA) is 269 Å². The molecule has 0 fully saturated rings. The fourth-order valence-corrected chi connectivity index (χ4v) is 12.4. The number of anilines is 4. The number of aromatic amines is 2. The van der Waals surface area contributed by atoms with Gasteiger partial charge in [-0.3, -0.25) is 39.2 Å². The van der Waals surface area contributed by atoms with Crippen molar-refractivity contribution in [1.29, 1.82) is 0 Å². The number of benzene rings is 7. The molecule has 0 unspecified atom stereocenters. The Morgan fingerprint density at radius 1 is 0.537 bits per heavy atom. The number of alkyl halides is 3. The first-order valence-corrected chi connectivity index (χ1v) is 32.1. The molecule has 95 heavy (non-hydrogen) atoms. The van der Waals surface area contributed by atoms with Crippen molar-refractivity contribution in [3.8, 4) is 5.75 Å². The lowest BCUT2D eigenvalue weighted by Gasteiger charge is -2.16. The van der Waals surface area contributed by atoms with Gasteiger partial charge in [-0.2, -0.15) is 23.4 Å². The molecule has 13 rings (SSSR count). The quantitative estimate of drug-likeness (QED) is 0.0303. The van der Waals surface area contributed by atoms with E-state index in [-0.39, 0.29) is 34.9 Å². The van der Waals surface area contributed by atoms with Gasteiger partial charge in [0.05, 0.1) is 42.0 Å². The number of methoxy groups -OCH3 is 1. The number of hydrogen-bond donors (Lipinski definition) is 5. The molecule has 1 aliphatic heterocycles. The molecule has 12 aromatic rings. The van der Waals surface area contributed by atoms with Crippen LogP contribution in [0.3, 0.4) is 0 Å². The van der Waals surface area contributed by atoms with Gasteiger partial charge in [0.25, 0.3) is 17.7 Å². The highest BCUT2D eigenvalue weighted by atomic mass is 32.2. The number of ether oxygens (including phenoxy) is 1. The van der Waals surface area contributed by atoms with Crippen molar-refractivity contribution in [2.24, 2.45) is 0 Å². The summed E-state index contributed by atoms with van der Waals surface area (Å²) in [5, 5.41) is 26.2. The number of aromatic nitrogens is 10. The normalized spacial score (nSPS) is 11.6. The van der Waals surface area contributed by atoms with Crippen LogP contribution in [0.1, 0.15) is 81.7 Å². The van der Waals surface area contributed by atoms with Crippen molar-refractivity contribution in [2.45, 2.75) is 51.9 Å². The molecule has 0 saturated carbocycles. The number of rotatable bonds is 18. The minimum Gasteiger partial charge on any atom is -0.497 e. The summed E-state index contributed by atoms with van der Waals surface area (Å²) in [6, 6.07) is 46.7. The van der Waals surface area contributed by atoms with Crippen LogP contribution in [0.15, 0.2) is 223 Å². The number of nitrogens with one attached hydrogen (secondary N) is 5. The Bertz CT molecular complexity index is 4760. The average Bonchev–Trinajstić information content (AvgIpc) is 1.87. The van der Waals surface area contributed by atoms with E-state index in [0.717, 1.165) is 72.3 Å². The summed E-state index contributed by atoms with van der Waals surface area (Å²) >= 11 is 4.58. The third kappa shape index (κ3) is 17.1. The maximum Gasteiger partial charge on any atom is 0.416 e. The number of nitrogens with zero attached hydrogens (tertiary/aromatic N) is 9. The maximum atomic E-state index is 13.0. The molecular weight excluding hydrogens is 1270 g/mol. The molecule has 0 aliphatic carbocycles. The number of ketones is 1. The van der Waals surface area contributed by atoms with Gasteiger partial charge in [0.1, 0.15) is 33.5 Å². The Morgan fingerprint density at radius 3 is 1.62 bits per heavy atom. The summed E-state index contributed by atoms with van der Waals surface area (Å²) in [4.78, 5) is 89.8. The van der Waals surface area contributed by atoms with Gasteiger partial charge in [0, 0.05) is 99.8 Å². The van der Waals surface area contributed by atoms with Crippen molar-refractivity contribution in [3.05, 3.63) is 263 Å². The van der Waals surface area contributed by atoms with E-state index in [1.807, 2.05) is 78.9 Å². The van der Waals surface area contributed by atoms with Crippen LogP contribution in [0.5, 0.6) is 5.75 Å². The zero-order valence-electron chi connectivity index (χ0n) is 50.5. The molecule has 1 aliphatic rings. The van der Waals surface area contributed by atoms with Gasteiger partial charge in [0.2, 0.25) is 5.91 Å². The van der Waals surface area contributed by atoms with Gasteiger partial charge < -0.3 is 25.6 Å². The van der Waals surface area contributed by atoms with Crippen LogP contribution in [0, 0.1) is 0 Å². The number of hydrogen-bond acceptors (Lipinski definition) is 17. The lowest BCUT2D eigenvalue weighted by atomic mass is 10.0. The first-order valence-electron chi connectivity index (χ1n) is 29.1. The molecule has 20 nitrogen and oxygen atoms in total. The summed E-state index contributed by atoms with van der Waals surface area (Å²) in [5.74, 6) is 0.837. The number of H-pyrrole nitrogens is 2. The van der Waals surface area contributed by atoms with Gasteiger partial charge in [0.15, 0.2) is 17.1 Å². The number of fused-ring (bicyclic) bond motifs is 3. The van der Waals surface area contributed by atoms with E-state index in [9.17, 15) is 37.1 Å². The number of carbonyl (C=O) groups excluding carboxylic acids is 5. The highest BCUT2D eigenvalue weighted by Crippen LogP contribution is 2.36. The molecule has 0 radical (unpaired) electrons. The Labute approximate surface area is 553 Å². The largest absolute Gasteiger partial charge is 0.497 e. The molecule has 0 bridgehead atoms. The van der Waals surface area contributed by atoms with Gasteiger partial charge >= 0.3 is 6.18 Å². The summed E-state index contributed by atoms with van der Waals surface area (Å²) in [7, 11) is 1.26. The summed E-state index contributed by atoms with van der Waals surface area (Å²) in [6.07, 6.45) is 7.53.